The zero-order valence-corrected chi connectivity index (χ0v) is 13.8. The number of aryl methyl sites for hydroxylation is 1. The largest absolute Gasteiger partial charge is 0.446 e. The summed E-state index contributed by atoms with van der Waals surface area (Å²) in [6, 6.07) is 16.3. The van der Waals surface area contributed by atoms with Gasteiger partial charge < -0.3 is 14.8 Å². The smallest absolute Gasteiger partial charge is 0.333 e. The van der Waals surface area contributed by atoms with E-state index in [-0.39, 0.29) is 6.61 Å². The minimum absolute atomic E-state index is 0.183. The lowest BCUT2D eigenvalue weighted by Gasteiger charge is -2.18. The van der Waals surface area contributed by atoms with Crippen molar-refractivity contribution in [2.75, 3.05) is 18.5 Å². The van der Waals surface area contributed by atoms with E-state index in [1.807, 2.05) is 25.1 Å². The molecule has 0 radical (unpaired) electrons. The summed E-state index contributed by atoms with van der Waals surface area (Å²) in [7, 11) is 0. The van der Waals surface area contributed by atoms with Gasteiger partial charge in [0.2, 0.25) is 6.10 Å². The molecule has 5 heteroatoms. The first kappa shape index (κ1) is 17.7. The maximum Gasteiger partial charge on any atom is 0.333 e. The molecule has 0 fully saturated rings. The van der Waals surface area contributed by atoms with E-state index in [1.54, 1.807) is 43.3 Å². The summed E-state index contributed by atoms with van der Waals surface area (Å²) in [6.07, 6.45) is -1.03. The molecule has 0 saturated heterocycles. The van der Waals surface area contributed by atoms with E-state index >= 15 is 0 Å². The molecule has 24 heavy (non-hydrogen) atoms. The van der Waals surface area contributed by atoms with Crippen molar-refractivity contribution < 1.29 is 19.1 Å². The van der Waals surface area contributed by atoms with Gasteiger partial charge in [0.25, 0.3) is 5.91 Å². The molecule has 2 aromatic rings. The van der Waals surface area contributed by atoms with Gasteiger partial charge in [-0.05, 0) is 26.0 Å². The van der Waals surface area contributed by atoms with E-state index in [0.717, 1.165) is 5.56 Å². The summed E-state index contributed by atoms with van der Waals surface area (Å²) < 4.78 is 10.4. The monoisotopic (exact) mass is 327 g/mol. The molecule has 2 rings (SSSR count). The summed E-state index contributed by atoms with van der Waals surface area (Å²) >= 11 is 0. The molecule has 0 aromatic heterocycles. The highest BCUT2D eigenvalue weighted by atomic mass is 16.6. The highest BCUT2D eigenvalue weighted by molar-refractivity contribution is 5.96. The summed E-state index contributed by atoms with van der Waals surface area (Å²) in [5.41, 5.74) is 2.34. The first-order valence-corrected chi connectivity index (χ1v) is 7.80. The van der Waals surface area contributed by atoms with Crippen LogP contribution >= 0.6 is 0 Å². The van der Waals surface area contributed by atoms with Crippen LogP contribution < -0.4 is 5.32 Å². The van der Waals surface area contributed by atoms with Gasteiger partial charge in [0.1, 0.15) is 6.61 Å². The van der Waals surface area contributed by atoms with Crippen LogP contribution in [0.3, 0.4) is 0 Å². The number of nitrogens with one attached hydrogen (secondary N) is 1. The van der Waals surface area contributed by atoms with Crippen molar-refractivity contribution in [2.45, 2.75) is 20.0 Å². The third kappa shape index (κ3) is 5.21. The van der Waals surface area contributed by atoms with E-state index in [0.29, 0.717) is 17.9 Å². The molecule has 1 atom stereocenters. The Kier molecular flexibility index (Phi) is 6.51. The van der Waals surface area contributed by atoms with Crippen LogP contribution in [0.5, 0.6) is 0 Å². The fraction of sp³-hybridized carbons (Fsp3) is 0.263. The van der Waals surface area contributed by atoms with Crippen molar-refractivity contribution in [3.8, 4) is 0 Å². The van der Waals surface area contributed by atoms with Crippen LogP contribution in [-0.2, 0) is 19.1 Å². The molecule has 2 aromatic carbocycles. The van der Waals surface area contributed by atoms with E-state index in [9.17, 15) is 9.59 Å². The highest BCUT2D eigenvalue weighted by Crippen LogP contribution is 2.20. The molecule has 1 amide bonds. The first-order valence-electron chi connectivity index (χ1n) is 7.80. The Hall–Kier alpha value is -2.66. The second-order valence-electron chi connectivity index (χ2n) is 5.27. The number of benzene rings is 2. The molecule has 0 heterocycles. The molecule has 126 valence electrons. The molecule has 0 aliphatic heterocycles. The number of rotatable bonds is 7. The third-order valence-electron chi connectivity index (χ3n) is 3.33. The zero-order chi connectivity index (χ0) is 17.4. The Morgan fingerprint density at radius 1 is 1.04 bits per heavy atom. The molecule has 0 spiro atoms. The van der Waals surface area contributed by atoms with Gasteiger partial charge in [-0.15, -0.1) is 0 Å². The van der Waals surface area contributed by atoms with Gasteiger partial charge in [0.05, 0.1) is 0 Å². The van der Waals surface area contributed by atoms with Gasteiger partial charge in [-0.3, -0.25) is 4.79 Å². The van der Waals surface area contributed by atoms with Crippen LogP contribution in [0.1, 0.15) is 24.2 Å². The fourth-order valence-electron chi connectivity index (χ4n) is 2.10. The lowest BCUT2D eigenvalue weighted by molar-refractivity contribution is -0.159. The molecule has 0 aliphatic rings. The Bertz CT molecular complexity index is 668. The van der Waals surface area contributed by atoms with Crippen molar-refractivity contribution in [3.63, 3.8) is 0 Å². The lowest BCUT2D eigenvalue weighted by Crippen LogP contribution is -2.27. The van der Waals surface area contributed by atoms with Crippen molar-refractivity contribution >= 4 is 17.6 Å². The van der Waals surface area contributed by atoms with Crippen molar-refractivity contribution in [1.82, 2.24) is 0 Å². The van der Waals surface area contributed by atoms with E-state index < -0.39 is 18.0 Å². The second-order valence-corrected chi connectivity index (χ2v) is 5.27. The third-order valence-corrected chi connectivity index (χ3v) is 3.33. The van der Waals surface area contributed by atoms with Crippen LogP contribution in [0.2, 0.25) is 0 Å². The van der Waals surface area contributed by atoms with E-state index in [2.05, 4.69) is 5.32 Å². The predicted molar refractivity (Wildman–Crippen MR) is 91.6 cm³/mol. The number of hydrogen-bond acceptors (Lipinski definition) is 4. The molecule has 0 saturated carbocycles. The van der Waals surface area contributed by atoms with Gasteiger partial charge >= 0.3 is 5.97 Å². The average molecular weight is 327 g/mol. The van der Waals surface area contributed by atoms with Crippen LogP contribution in [0, 0.1) is 6.92 Å². The Morgan fingerprint density at radius 2 is 1.71 bits per heavy atom. The van der Waals surface area contributed by atoms with Gasteiger partial charge in [-0.1, -0.05) is 48.0 Å². The molecular weight excluding hydrogens is 306 g/mol. The lowest BCUT2D eigenvalue weighted by atomic mass is 10.1. The summed E-state index contributed by atoms with van der Waals surface area (Å²) in [5.74, 6) is -0.986. The Morgan fingerprint density at radius 3 is 2.33 bits per heavy atom. The van der Waals surface area contributed by atoms with Crippen molar-refractivity contribution in [1.29, 1.82) is 0 Å². The number of ether oxygens (including phenoxy) is 2. The van der Waals surface area contributed by atoms with Crippen LogP contribution in [0.4, 0.5) is 5.69 Å². The molecular formula is C19H21NO4. The number of esters is 1. The van der Waals surface area contributed by atoms with Crippen molar-refractivity contribution in [2.24, 2.45) is 0 Å². The van der Waals surface area contributed by atoms with Gasteiger partial charge in [0.15, 0.2) is 0 Å². The predicted octanol–water partition coefficient (Wildman–Crippen LogP) is 3.25. The molecule has 0 bridgehead atoms. The van der Waals surface area contributed by atoms with Crippen LogP contribution in [0.25, 0.3) is 0 Å². The Balaban J connectivity index is 2.13. The van der Waals surface area contributed by atoms with E-state index in [4.69, 9.17) is 9.47 Å². The number of carbonyl (C=O) groups excluding carboxylic acids is 2. The fourth-order valence-corrected chi connectivity index (χ4v) is 2.10. The molecule has 1 N–H and O–H groups in total. The number of carbonyl (C=O) groups is 2. The zero-order valence-electron chi connectivity index (χ0n) is 13.8. The second kappa shape index (κ2) is 8.84. The normalized spacial score (nSPS) is 11.6. The first-order chi connectivity index (χ1) is 11.6. The topological polar surface area (TPSA) is 64.6 Å². The van der Waals surface area contributed by atoms with Crippen molar-refractivity contribution in [3.05, 3.63) is 65.7 Å². The maximum atomic E-state index is 12.6. The van der Waals surface area contributed by atoms with Crippen LogP contribution in [-0.4, -0.2) is 25.1 Å². The van der Waals surface area contributed by atoms with Gasteiger partial charge in [-0.2, -0.15) is 0 Å². The number of amides is 1. The summed E-state index contributed by atoms with van der Waals surface area (Å²) in [4.78, 5) is 24.4. The molecule has 0 aliphatic carbocycles. The minimum Gasteiger partial charge on any atom is -0.446 e. The van der Waals surface area contributed by atoms with E-state index in [1.165, 1.54) is 0 Å². The van der Waals surface area contributed by atoms with Gasteiger partial charge in [-0.25, -0.2) is 4.79 Å². The van der Waals surface area contributed by atoms with Gasteiger partial charge in [0, 0.05) is 17.9 Å². The number of hydrogen-bond donors (Lipinski definition) is 1. The highest BCUT2D eigenvalue weighted by Gasteiger charge is 2.25. The molecule has 5 nitrogen and oxygen atoms in total. The molecule has 0 unspecified atom stereocenters. The summed E-state index contributed by atoms with van der Waals surface area (Å²) in [5, 5.41) is 2.77. The average Bonchev–Trinajstić information content (AvgIpc) is 2.60. The maximum absolute atomic E-state index is 12.6. The standard InChI is InChI=1S/C19H21NO4/c1-3-23-13-17(21)24-18(15-7-5-4-6-8-15)19(22)20-16-11-9-14(2)10-12-16/h4-12,18H,3,13H2,1-2H3,(H,20,22)/t18-/m1/s1. The number of anilines is 1. The Labute approximate surface area is 141 Å². The minimum atomic E-state index is -1.03. The SMILES string of the molecule is CCOCC(=O)O[C@@H](C(=O)Nc1ccc(C)cc1)c1ccccc1. The summed E-state index contributed by atoms with van der Waals surface area (Å²) in [6.45, 7) is 3.97. The quantitative estimate of drug-likeness (QED) is 0.793. The van der Waals surface area contributed by atoms with Crippen LogP contribution in [0.15, 0.2) is 54.6 Å².